The lowest BCUT2D eigenvalue weighted by atomic mass is 10.0. The minimum absolute atomic E-state index is 0.0239. The summed E-state index contributed by atoms with van der Waals surface area (Å²) in [4.78, 5) is 17.4. The maximum Gasteiger partial charge on any atom is 0.268 e. The monoisotopic (exact) mass is 370 g/mol. The van der Waals surface area contributed by atoms with Gasteiger partial charge in [-0.1, -0.05) is 12.1 Å². The number of aromatic nitrogens is 1. The summed E-state index contributed by atoms with van der Waals surface area (Å²) in [6.45, 7) is 5.53. The second-order valence-electron chi connectivity index (χ2n) is 7.53. The van der Waals surface area contributed by atoms with Gasteiger partial charge in [-0.05, 0) is 63.7 Å². The van der Waals surface area contributed by atoms with E-state index in [-0.39, 0.29) is 24.1 Å². The molecule has 1 aromatic carbocycles. The van der Waals surface area contributed by atoms with Crippen LogP contribution >= 0.6 is 0 Å². The number of nitrogens with zero attached hydrogens (tertiary/aromatic N) is 1. The molecule has 0 saturated heterocycles. The summed E-state index contributed by atoms with van der Waals surface area (Å²) in [5.41, 5.74) is 2.95. The second kappa shape index (κ2) is 8.59. The molecule has 1 amide bonds. The Labute approximate surface area is 161 Å². The summed E-state index contributed by atoms with van der Waals surface area (Å²) in [6, 6.07) is 10.7. The Morgan fingerprint density at radius 2 is 1.96 bits per heavy atom. The van der Waals surface area contributed by atoms with Gasteiger partial charge >= 0.3 is 0 Å². The van der Waals surface area contributed by atoms with Gasteiger partial charge in [0.1, 0.15) is 11.4 Å². The lowest BCUT2D eigenvalue weighted by molar-refractivity contribution is 0.0951. The third-order valence-electron chi connectivity index (χ3n) is 4.92. The lowest BCUT2D eigenvalue weighted by Crippen LogP contribution is -2.33. The summed E-state index contributed by atoms with van der Waals surface area (Å²) in [6.07, 6.45) is 2.88. The number of carbonyl (C=O) groups excluding carboxylic acids is 1. The first-order chi connectivity index (χ1) is 13.0. The van der Waals surface area contributed by atoms with Crippen molar-refractivity contribution >= 4 is 5.91 Å². The largest absolute Gasteiger partial charge is 0.491 e. The van der Waals surface area contributed by atoms with Gasteiger partial charge < -0.3 is 25.3 Å². The van der Waals surface area contributed by atoms with Crippen LogP contribution in [0.1, 0.15) is 54.0 Å². The molecule has 2 aromatic rings. The van der Waals surface area contributed by atoms with Gasteiger partial charge in [-0.25, -0.2) is 0 Å². The first-order valence-electron chi connectivity index (χ1n) is 9.57. The van der Waals surface area contributed by atoms with Crippen LogP contribution in [0.15, 0.2) is 36.5 Å². The molecule has 3 N–H and O–H groups in total. The van der Waals surface area contributed by atoms with E-state index in [4.69, 9.17) is 4.74 Å². The average Bonchev–Trinajstić information content (AvgIpc) is 3.05. The van der Waals surface area contributed by atoms with Crippen molar-refractivity contribution in [3.8, 4) is 5.75 Å². The molecule has 0 saturated carbocycles. The molecular formula is C21H30N4O2. The number of nitrogens with one attached hydrogen (secondary N) is 3. The van der Waals surface area contributed by atoms with Gasteiger partial charge in [0.25, 0.3) is 5.91 Å². The quantitative estimate of drug-likeness (QED) is 0.701. The van der Waals surface area contributed by atoms with Gasteiger partial charge in [-0.15, -0.1) is 0 Å². The number of amides is 1. The van der Waals surface area contributed by atoms with E-state index in [2.05, 4.69) is 46.7 Å². The minimum Gasteiger partial charge on any atom is -0.491 e. The molecule has 6 heteroatoms. The molecule has 0 aliphatic carbocycles. The summed E-state index contributed by atoms with van der Waals surface area (Å²) < 4.78 is 5.75. The normalized spacial score (nSPS) is 18.1. The topological polar surface area (TPSA) is 69.4 Å². The number of H-pyrrole nitrogens is 1. The molecule has 6 nitrogen and oxygen atoms in total. The van der Waals surface area contributed by atoms with E-state index >= 15 is 0 Å². The zero-order chi connectivity index (χ0) is 19.4. The highest BCUT2D eigenvalue weighted by molar-refractivity contribution is 5.94. The van der Waals surface area contributed by atoms with Crippen molar-refractivity contribution in [2.45, 2.75) is 38.5 Å². The summed E-state index contributed by atoms with van der Waals surface area (Å²) in [5.74, 6) is 0.869. The van der Waals surface area contributed by atoms with Crippen molar-refractivity contribution in [1.82, 2.24) is 20.5 Å². The maximum absolute atomic E-state index is 12.1. The Balaban J connectivity index is 1.70. The molecule has 2 atom stereocenters. The van der Waals surface area contributed by atoms with Gasteiger partial charge in [0.2, 0.25) is 0 Å². The van der Waals surface area contributed by atoms with Crippen LogP contribution in [0.2, 0.25) is 0 Å². The molecular weight excluding hydrogens is 340 g/mol. The number of hydrogen-bond acceptors (Lipinski definition) is 4. The average molecular weight is 370 g/mol. The van der Waals surface area contributed by atoms with Gasteiger partial charge in [0, 0.05) is 31.4 Å². The molecule has 27 heavy (non-hydrogen) atoms. The smallest absolute Gasteiger partial charge is 0.268 e. The van der Waals surface area contributed by atoms with Gasteiger partial charge in [-0.2, -0.15) is 0 Å². The van der Waals surface area contributed by atoms with Crippen LogP contribution in [0.5, 0.6) is 5.75 Å². The Morgan fingerprint density at radius 3 is 2.63 bits per heavy atom. The molecule has 1 aliphatic heterocycles. The molecule has 3 rings (SSSR count). The summed E-state index contributed by atoms with van der Waals surface area (Å²) in [5, 5.41) is 6.61. The first kappa shape index (κ1) is 19.5. The zero-order valence-corrected chi connectivity index (χ0v) is 16.6. The van der Waals surface area contributed by atoms with Crippen molar-refractivity contribution in [1.29, 1.82) is 0 Å². The Bertz CT molecular complexity index is 752. The SMILES string of the molecule is CC(C)Oc1ccc(C(CNC2CCNC(=O)c3[nH]ccc32)N(C)C)cc1. The number of ether oxygens (including phenoxy) is 1. The number of rotatable bonds is 7. The second-order valence-corrected chi connectivity index (χ2v) is 7.53. The molecule has 146 valence electrons. The van der Waals surface area contributed by atoms with Crippen LogP contribution in [0.25, 0.3) is 0 Å². The zero-order valence-electron chi connectivity index (χ0n) is 16.6. The van der Waals surface area contributed by atoms with E-state index < -0.39 is 0 Å². The van der Waals surface area contributed by atoms with E-state index in [9.17, 15) is 4.79 Å². The van der Waals surface area contributed by atoms with Gasteiger partial charge in [0.15, 0.2) is 0 Å². The van der Waals surface area contributed by atoms with Crippen LogP contribution in [0.3, 0.4) is 0 Å². The third-order valence-corrected chi connectivity index (χ3v) is 4.92. The molecule has 1 aliphatic rings. The molecule has 2 heterocycles. The Hall–Kier alpha value is -2.31. The highest BCUT2D eigenvalue weighted by Gasteiger charge is 2.25. The Kier molecular flexibility index (Phi) is 6.19. The highest BCUT2D eigenvalue weighted by Crippen LogP contribution is 2.26. The summed E-state index contributed by atoms with van der Waals surface area (Å²) in [7, 11) is 4.18. The fourth-order valence-electron chi connectivity index (χ4n) is 3.55. The number of likely N-dealkylation sites (N-methyl/N-ethyl adjacent to an activating group) is 1. The predicted molar refractivity (Wildman–Crippen MR) is 107 cm³/mol. The number of carbonyl (C=O) groups is 1. The van der Waals surface area contributed by atoms with Crippen LogP contribution in [0, 0.1) is 0 Å². The van der Waals surface area contributed by atoms with Gasteiger partial charge in [0.05, 0.1) is 6.10 Å². The fraction of sp³-hybridized carbons (Fsp3) is 0.476. The first-order valence-corrected chi connectivity index (χ1v) is 9.57. The van der Waals surface area contributed by atoms with E-state index in [0.717, 1.165) is 24.3 Å². The summed E-state index contributed by atoms with van der Waals surface area (Å²) >= 11 is 0. The number of hydrogen-bond donors (Lipinski definition) is 3. The van der Waals surface area contributed by atoms with Crippen LogP contribution in [-0.4, -0.2) is 49.1 Å². The van der Waals surface area contributed by atoms with Crippen LogP contribution in [-0.2, 0) is 0 Å². The van der Waals surface area contributed by atoms with Crippen molar-refractivity contribution in [3.63, 3.8) is 0 Å². The number of fused-ring (bicyclic) bond motifs is 1. The molecule has 1 aromatic heterocycles. The number of aromatic amines is 1. The van der Waals surface area contributed by atoms with Crippen LogP contribution < -0.4 is 15.4 Å². The van der Waals surface area contributed by atoms with E-state index in [1.165, 1.54) is 5.56 Å². The standard InChI is InChI=1S/C21H30N4O2/c1-14(2)27-16-7-5-15(6-8-16)19(25(3)4)13-24-18-10-12-23-21(26)20-17(18)9-11-22-20/h5-9,11,14,18-19,22,24H,10,12-13H2,1-4H3,(H,23,26). The predicted octanol–water partition coefficient (Wildman–Crippen LogP) is 2.87. The molecule has 2 unspecified atom stereocenters. The van der Waals surface area contributed by atoms with E-state index in [1.54, 1.807) is 0 Å². The van der Waals surface area contributed by atoms with Crippen molar-refractivity contribution in [2.24, 2.45) is 0 Å². The maximum atomic E-state index is 12.1. The molecule has 0 spiro atoms. The Morgan fingerprint density at radius 1 is 1.22 bits per heavy atom. The highest BCUT2D eigenvalue weighted by atomic mass is 16.5. The van der Waals surface area contributed by atoms with E-state index in [1.807, 2.05) is 38.2 Å². The van der Waals surface area contributed by atoms with Crippen molar-refractivity contribution in [3.05, 3.63) is 53.3 Å². The lowest BCUT2D eigenvalue weighted by Gasteiger charge is -2.28. The molecule has 0 fully saturated rings. The van der Waals surface area contributed by atoms with E-state index in [0.29, 0.717) is 12.2 Å². The molecule has 0 bridgehead atoms. The van der Waals surface area contributed by atoms with Gasteiger partial charge in [-0.3, -0.25) is 4.79 Å². The third kappa shape index (κ3) is 4.70. The minimum atomic E-state index is -0.0239. The molecule has 0 radical (unpaired) electrons. The number of benzene rings is 1. The van der Waals surface area contributed by atoms with Crippen LogP contribution in [0.4, 0.5) is 0 Å². The fourth-order valence-corrected chi connectivity index (χ4v) is 3.55. The van der Waals surface area contributed by atoms with Crippen molar-refractivity contribution in [2.75, 3.05) is 27.2 Å². The van der Waals surface area contributed by atoms with Crippen molar-refractivity contribution < 1.29 is 9.53 Å².